The third kappa shape index (κ3) is 3.30. The molecule has 1 aliphatic heterocycles. The average molecular weight is 375 g/mol. The maximum absolute atomic E-state index is 12.9. The zero-order valence-corrected chi connectivity index (χ0v) is 15.6. The van der Waals surface area contributed by atoms with Crippen LogP contribution < -0.4 is 4.90 Å². The number of nitrogens with zero attached hydrogens (tertiary/aromatic N) is 3. The Morgan fingerprint density at radius 1 is 0.923 bits per heavy atom. The number of nitro benzene ring substituents is 1. The van der Waals surface area contributed by atoms with Gasteiger partial charge in [0.25, 0.3) is 5.69 Å². The van der Waals surface area contributed by atoms with Gasteiger partial charge in [0.1, 0.15) is 0 Å². The summed E-state index contributed by atoms with van der Waals surface area (Å²) in [5.41, 5.74) is 3.06. The Labute approximate surface area is 153 Å². The summed E-state index contributed by atoms with van der Waals surface area (Å²) in [5, 5.41) is 11.2. The SMILES string of the molecule is Cc1cccc(C)c1N1CCN(S(=O)(=O)c2ccccc2[N+](=O)[O-])CC1. The summed E-state index contributed by atoms with van der Waals surface area (Å²) in [6.07, 6.45) is 0. The standard InChI is InChI=1S/C18H21N3O4S/c1-14-6-5-7-15(2)18(14)19-10-12-20(13-11-19)26(24,25)17-9-4-3-8-16(17)21(22)23/h3-9H,10-13H2,1-2H3. The van der Waals surface area contributed by atoms with Crippen LogP contribution in [0, 0.1) is 24.0 Å². The van der Waals surface area contributed by atoms with Crippen LogP contribution in [0.15, 0.2) is 47.4 Å². The highest BCUT2D eigenvalue weighted by molar-refractivity contribution is 7.89. The molecule has 1 heterocycles. The lowest BCUT2D eigenvalue weighted by Crippen LogP contribution is -2.49. The largest absolute Gasteiger partial charge is 0.368 e. The molecule has 138 valence electrons. The van der Waals surface area contributed by atoms with Gasteiger partial charge in [0.05, 0.1) is 4.92 Å². The van der Waals surface area contributed by atoms with Crippen LogP contribution in [0.3, 0.4) is 0 Å². The Kier molecular flexibility index (Phi) is 4.97. The lowest BCUT2D eigenvalue weighted by molar-refractivity contribution is -0.387. The summed E-state index contributed by atoms with van der Waals surface area (Å²) in [6, 6.07) is 11.6. The zero-order valence-electron chi connectivity index (χ0n) is 14.8. The van der Waals surface area contributed by atoms with Crippen LogP contribution in [0.4, 0.5) is 11.4 Å². The smallest absolute Gasteiger partial charge is 0.289 e. The first-order chi connectivity index (χ1) is 12.3. The van der Waals surface area contributed by atoms with Gasteiger partial charge in [0, 0.05) is 37.9 Å². The number of rotatable bonds is 4. The molecule has 1 fully saturated rings. The average Bonchev–Trinajstić information content (AvgIpc) is 2.62. The topological polar surface area (TPSA) is 83.8 Å². The molecule has 0 bridgehead atoms. The Bertz CT molecular complexity index is 915. The second kappa shape index (κ2) is 7.05. The summed E-state index contributed by atoms with van der Waals surface area (Å²) >= 11 is 0. The molecule has 0 amide bonds. The van der Waals surface area contributed by atoms with E-state index in [1.807, 2.05) is 32.0 Å². The molecule has 0 saturated carbocycles. The van der Waals surface area contributed by atoms with Gasteiger partial charge in [0.2, 0.25) is 10.0 Å². The van der Waals surface area contributed by atoms with Crippen molar-refractivity contribution in [1.82, 2.24) is 4.31 Å². The van der Waals surface area contributed by atoms with Gasteiger partial charge in [-0.3, -0.25) is 10.1 Å². The molecule has 0 aliphatic carbocycles. The molecule has 1 saturated heterocycles. The molecule has 7 nitrogen and oxygen atoms in total. The Balaban J connectivity index is 1.83. The van der Waals surface area contributed by atoms with E-state index in [4.69, 9.17) is 0 Å². The third-order valence-electron chi connectivity index (χ3n) is 4.67. The maximum Gasteiger partial charge on any atom is 0.289 e. The Morgan fingerprint density at radius 2 is 1.50 bits per heavy atom. The van der Waals surface area contributed by atoms with Crippen molar-refractivity contribution in [2.75, 3.05) is 31.1 Å². The number of aryl methyl sites for hydroxylation is 2. The molecule has 0 radical (unpaired) electrons. The van der Waals surface area contributed by atoms with E-state index in [9.17, 15) is 18.5 Å². The van der Waals surface area contributed by atoms with Gasteiger partial charge in [0.15, 0.2) is 4.90 Å². The molecule has 3 rings (SSSR count). The van der Waals surface area contributed by atoms with Gasteiger partial charge in [-0.2, -0.15) is 4.31 Å². The number of sulfonamides is 1. The summed E-state index contributed by atoms with van der Waals surface area (Å²) in [5.74, 6) is 0. The lowest BCUT2D eigenvalue weighted by Gasteiger charge is -2.36. The van der Waals surface area contributed by atoms with Crippen molar-refractivity contribution in [3.8, 4) is 0 Å². The summed E-state index contributed by atoms with van der Waals surface area (Å²) in [7, 11) is -3.90. The first kappa shape index (κ1) is 18.3. The van der Waals surface area contributed by atoms with Gasteiger partial charge in [-0.15, -0.1) is 0 Å². The van der Waals surface area contributed by atoms with Crippen LogP contribution in [0.5, 0.6) is 0 Å². The van der Waals surface area contributed by atoms with E-state index in [1.54, 1.807) is 0 Å². The van der Waals surface area contributed by atoms with Gasteiger partial charge >= 0.3 is 0 Å². The van der Waals surface area contributed by atoms with Crippen LogP contribution in [-0.2, 0) is 10.0 Å². The number of nitro groups is 1. The van der Waals surface area contributed by atoms with Crippen molar-refractivity contribution >= 4 is 21.4 Å². The molecule has 2 aromatic rings. The lowest BCUT2D eigenvalue weighted by atomic mass is 10.1. The van der Waals surface area contributed by atoms with Gasteiger partial charge in [-0.05, 0) is 31.0 Å². The maximum atomic E-state index is 12.9. The van der Waals surface area contributed by atoms with Crippen LogP contribution in [-0.4, -0.2) is 43.8 Å². The van der Waals surface area contributed by atoms with Crippen molar-refractivity contribution in [3.63, 3.8) is 0 Å². The fraction of sp³-hybridized carbons (Fsp3) is 0.333. The highest BCUT2D eigenvalue weighted by Crippen LogP contribution is 2.29. The number of anilines is 1. The van der Waals surface area contributed by atoms with E-state index in [0.29, 0.717) is 26.2 Å². The van der Waals surface area contributed by atoms with E-state index in [1.165, 1.54) is 28.6 Å². The molecular formula is C18H21N3O4S. The van der Waals surface area contributed by atoms with Crippen LogP contribution in [0.2, 0.25) is 0 Å². The highest BCUT2D eigenvalue weighted by atomic mass is 32.2. The minimum Gasteiger partial charge on any atom is -0.368 e. The first-order valence-electron chi connectivity index (χ1n) is 8.37. The van der Waals surface area contributed by atoms with E-state index in [2.05, 4.69) is 4.90 Å². The molecule has 0 spiro atoms. The second-order valence-electron chi connectivity index (χ2n) is 6.36. The van der Waals surface area contributed by atoms with Gasteiger partial charge in [-0.1, -0.05) is 30.3 Å². The normalized spacial score (nSPS) is 15.8. The number of benzene rings is 2. The van der Waals surface area contributed by atoms with Crippen LogP contribution in [0.25, 0.3) is 0 Å². The van der Waals surface area contributed by atoms with Crippen LogP contribution >= 0.6 is 0 Å². The minimum atomic E-state index is -3.90. The molecular weight excluding hydrogens is 354 g/mol. The molecule has 1 aliphatic rings. The fourth-order valence-corrected chi connectivity index (χ4v) is 5.00. The number of hydrogen-bond acceptors (Lipinski definition) is 5. The van der Waals surface area contributed by atoms with Crippen molar-refractivity contribution in [2.45, 2.75) is 18.7 Å². The number of para-hydroxylation sites is 2. The summed E-state index contributed by atoms with van der Waals surface area (Å²) in [4.78, 5) is 12.5. The monoisotopic (exact) mass is 375 g/mol. The quantitative estimate of drug-likeness (QED) is 0.606. The summed E-state index contributed by atoms with van der Waals surface area (Å²) < 4.78 is 27.1. The van der Waals surface area contributed by atoms with Crippen molar-refractivity contribution < 1.29 is 13.3 Å². The van der Waals surface area contributed by atoms with Crippen LogP contribution in [0.1, 0.15) is 11.1 Å². The van der Waals surface area contributed by atoms with Crippen molar-refractivity contribution in [1.29, 1.82) is 0 Å². The fourth-order valence-electron chi connectivity index (χ4n) is 3.42. The Hall–Kier alpha value is -2.45. The molecule has 0 atom stereocenters. The molecule has 0 N–H and O–H groups in total. The summed E-state index contributed by atoms with van der Waals surface area (Å²) in [6.45, 7) is 5.76. The number of piperazine rings is 1. The first-order valence-corrected chi connectivity index (χ1v) is 9.81. The van der Waals surface area contributed by atoms with Crippen molar-refractivity contribution in [2.24, 2.45) is 0 Å². The minimum absolute atomic E-state index is 0.245. The van der Waals surface area contributed by atoms with Gasteiger partial charge in [-0.25, -0.2) is 8.42 Å². The second-order valence-corrected chi connectivity index (χ2v) is 8.26. The van der Waals surface area contributed by atoms with Gasteiger partial charge < -0.3 is 4.90 Å². The van der Waals surface area contributed by atoms with E-state index in [-0.39, 0.29) is 10.6 Å². The number of hydrogen-bond donors (Lipinski definition) is 0. The molecule has 0 unspecified atom stereocenters. The third-order valence-corrected chi connectivity index (χ3v) is 6.62. The highest BCUT2D eigenvalue weighted by Gasteiger charge is 2.33. The molecule has 26 heavy (non-hydrogen) atoms. The molecule has 0 aromatic heterocycles. The van der Waals surface area contributed by atoms with E-state index < -0.39 is 14.9 Å². The Morgan fingerprint density at radius 3 is 2.08 bits per heavy atom. The van der Waals surface area contributed by atoms with E-state index >= 15 is 0 Å². The predicted octanol–water partition coefficient (Wildman–Crippen LogP) is 2.72. The van der Waals surface area contributed by atoms with E-state index in [0.717, 1.165) is 16.8 Å². The molecule has 8 heteroatoms. The predicted molar refractivity (Wildman–Crippen MR) is 100.0 cm³/mol. The molecule has 2 aromatic carbocycles. The zero-order chi connectivity index (χ0) is 18.9. The van der Waals surface area contributed by atoms with Crippen molar-refractivity contribution in [3.05, 3.63) is 63.7 Å².